The molecule has 1 aromatic carbocycles. The quantitative estimate of drug-likeness (QED) is 0.781. The molecular formula is C18H25ClN2. The van der Waals surface area contributed by atoms with Gasteiger partial charge in [0.2, 0.25) is 0 Å². The Bertz CT molecular complexity index is 598. The Hall–Kier alpha value is -1.15. The van der Waals surface area contributed by atoms with E-state index < -0.39 is 0 Å². The summed E-state index contributed by atoms with van der Waals surface area (Å²) in [4.78, 5) is 2.55. The van der Waals surface area contributed by atoms with Crippen molar-refractivity contribution < 1.29 is 0 Å². The molecule has 2 aliphatic rings. The average molecular weight is 305 g/mol. The topological polar surface area (TPSA) is 15.3 Å². The SMILES string of the molecule is CC1c2c(ccc3c2C(Cl)=CCN3)N(CC(C)(C)C)C1C. The number of hydrogen-bond acceptors (Lipinski definition) is 2. The predicted molar refractivity (Wildman–Crippen MR) is 93.4 cm³/mol. The molecule has 0 fully saturated rings. The Morgan fingerprint density at radius 2 is 2.00 bits per heavy atom. The van der Waals surface area contributed by atoms with E-state index in [4.69, 9.17) is 11.6 Å². The maximum atomic E-state index is 6.53. The summed E-state index contributed by atoms with van der Waals surface area (Å²) in [6, 6.07) is 4.96. The van der Waals surface area contributed by atoms with Crippen molar-refractivity contribution >= 4 is 28.0 Å². The maximum absolute atomic E-state index is 6.53. The van der Waals surface area contributed by atoms with Crippen LogP contribution in [0.4, 0.5) is 11.4 Å². The largest absolute Gasteiger partial charge is 0.381 e. The molecule has 0 radical (unpaired) electrons. The molecule has 2 nitrogen and oxygen atoms in total. The van der Waals surface area contributed by atoms with Crippen molar-refractivity contribution in [2.75, 3.05) is 23.3 Å². The molecule has 2 unspecified atom stereocenters. The molecule has 3 heteroatoms. The third-order valence-corrected chi connectivity index (χ3v) is 5.00. The van der Waals surface area contributed by atoms with Crippen LogP contribution < -0.4 is 10.2 Å². The van der Waals surface area contributed by atoms with Crippen molar-refractivity contribution in [3.05, 3.63) is 29.3 Å². The smallest absolute Gasteiger partial charge is 0.0480 e. The van der Waals surface area contributed by atoms with E-state index in [2.05, 4.69) is 63.0 Å². The first-order valence-electron chi connectivity index (χ1n) is 7.83. The van der Waals surface area contributed by atoms with Gasteiger partial charge in [-0.1, -0.05) is 39.3 Å². The van der Waals surface area contributed by atoms with Gasteiger partial charge in [-0.05, 0) is 36.1 Å². The number of halogens is 1. The van der Waals surface area contributed by atoms with Crippen molar-refractivity contribution in [3.8, 4) is 0 Å². The second-order valence-corrected chi connectivity index (χ2v) is 7.98. The minimum Gasteiger partial charge on any atom is -0.381 e. The highest BCUT2D eigenvalue weighted by Crippen LogP contribution is 2.49. The van der Waals surface area contributed by atoms with Crippen molar-refractivity contribution in [1.82, 2.24) is 0 Å². The van der Waals surface area contributed by atoms with Crippen LogP contribution in [0, 0.1) is 5.41 Å². The summed E-state index contributed by atoms with van der Waals surface area (Å²) < 4.78 is 0. The summed E-state index contributed by atoms with van der Waals surface area (Å²) in [5.74, 6) is 0.499. The van der Waals surface area contributed by atoms with Gasteiger partial charge in [-0.2, -0.15) is 0 Å². The molecule has 1 aromatic rings. The fraction of sp³-hybridized carbons (Fsp3) is 0.556. The van der Waals surface area contributed by atoms with E-state index in [0.29, 0.717) is 12.0 Å². The van der Waals surface area contributed by atoms with E-state index in [-0.39, 0.29) is 5.41 Å². The molecule has 3 rings (SSSR count). The van der Waals surface area contributed by atoms with E-state index in [1.54, 1.807) is 0 Å². The van der Waals surface area contributed by atoms with Gasteiger partial charge >= 0.3 is 0 Å². The number of nitrogens with zero attached hydrogens (tertiary/aromatic N) is 1. The standard InChI is InChI=1S/C18H25ClN2/c1-11-12(2)21(10-18(3,4)5)15-7-6-14-17(16(11)15)13(19)8-9-20-14/h6-8,11-12,20H,9-10H2,1-5H3. The fourth-order valence-electron chi connectivity index (χ4n) is 3.55. The minimum atomic E-state index is 0.281. The third kappa shape index (κ3) is 2.44. The molecule has 2 atom stereocenters. The van der Waals surface area contributed by atoms with E-state index in [1.165, 1.54) is 22.5 Å². The Labute approximate surface area is 133 Å². The molecule has 0 amide bonds. The first-order chi connectivity index (χ1) is 9.79. The predicted octanol–water partition coefficient (Wildman–Crippen LogP) is 5.05. The lowest BCUT2D eigenvalue weighted by atomic mass is 9.91. The van der Waals surface area contributed by atoms with Gasteiger partial charge in [0.05, 0.1) is 0 Å². The van der Waals surface area contributed by atoms with Crippen LogP contribution in [0.2, 0.25) is 0 Å². The number of hydrogen-bond donors (Lipinski definition) is 1. The highest BCUT2D eigenvalue weighted by molar-refractivity contribution is 6.49. The monoisotopic (exact) mass is 304 g/mol. The van der Waals surface area contributed by atoms with Gasteiger partial charge in [-0.3, -0.25) is 0 Å². The Morgan fingerprint density at radius 3 is 2.67 bits per heavy atom. The third-order valence-electron chi connectivity index (χ3n) is 4.66. The van der Waals surface area contributed by atoms with Gasteiger partial charge in [0, 0.05) is 47.0 Å². The van der Waals surface area contributed by atoms with Crippen molar-refractivity contribution in [2.24, 2.45) is 5.41 Å². The molecule has 0 spiro atoms. The lowest BCUT2D eigenvalue weighted by molar-refractivity contribution is 0.393. The van der Waals surface area contributed by atoms with Crippen LogP contribution in [0.3, 0.4) is 0 Å². The maximum Gasteiger partial charge on any atom is 0.0480 e. The van der Waals surface area contributed by atoms with Gasteiger partial charge < -0.3 is 10.2 Å². The van der Waals surface area contributed by atoms with Gasteiger partial charge in [-0.15, -0.1) is 0 Å². The van der Waals surface area contributed by atoms with E-state index >= 15 is 0 Å². The minimum absolute atomic E-state index is 0.281. The molecular weight excluding hydrogens is 280 g/mol. The molecule has 0 bridgehead atoms. The van der Waals surface area contributed by atoms with Gasteiger partial charge in [0.1, 0.15) is 0 Å². The van der Waals surface area contributed by atoms with E-state index in [0.717, 1.165) is 18.1 Å². The number of nitrogens with one attached hydrogen (secondary N) is 1. The number of fused-ring (bicyclic) bond motifs is 3. The zero-order valence-corrected chi connectivity index (χ0v) is 14.4. The second kappa shape index (κ2) is 4.95. The number of rotatable bonds is 1. The Morgan fingerprint density at radius 1 is 1.29 bits per heavy atom. The van der Waals surface area contributed by atoms with Gasteiger partial charge in [-0.25, -0.2) is 0 Å². The lowest BCUT2D eigenvalue weighted by Crippen LogP contribution is -2.37. The van der Waals surface area contributed by atoms with Crippen LogP contribution in [0.1, 0.15) is 51.7 Å². The highest BCUT2D eigenvalue weighted by Gasteiger charge is 2.37. The summed E-state index contributed by atoms with van der Waals surface area (Å²) >= 11 is 6.53. The highest BCUT2D eigenvalue weighted by atomic mass is 35.5. The summed E-state index contributed by atoms with van der Waals surface area (Å²) in [7, 11) is 0. The second-order valence-electron chi connectivity index (χ2n) is 7.57. The average Bonchev–Trinajstić information content (AvgIpc) is 2.63. The molecule has 0 aromatic heterocycles. The number of anilines is 2. The molecule has 0 saturated heterocycles. The van der Waals surface area contributed by atoms with Crippen molar-refractivity contribution in [2.45, 2.75) is 46.6 Å². The van der Waals surface area contributed by atoms with Crippen molar-refractivity contribution in [3.63, 3.8) is 0 Å². The Balaban J connectivity index is 2.12. The van der Waals surface area contributed by atoms with Crippen LogP contribution in [0.5, 0.6) is 0 Å². The first kappa shape index (κ1) is 14.8. The molecule has 0 saturated carbocycles. The summed E-state index contributed by atoms with van der Waals surface area (Å²) in [5.41, 5.74) is 5.45. The van der Waals surface area contributed by atoms with Crippen LogP contribution in [0.15, 0.2) is 18.2 Å². The van der Waals surface area contributed by atoms with Crippen LogP contribution in [0.25, 0.3) is 5.03 Å². The zero-order valence-electron chi connectivity index (χ0n) is 13.6. The van der Waals surface area contributed by atoms with Gasteiger partial charge in [0.25, 0.3) is 0 Å². The molecule has 2 aliphatic heterocycles. The molecule has 2 heterocycles. The van der Waals surface area contributed by atoms with Crippen LogP contribution in [-0.4, -0.2) is 19.1 Å². The summed E-state index contributed by atoms with van der Waals surface area (Å²) in [6.07, 6.45) is 2.08. The molecule has 0 aliphatic carbocycles. The van der Waals surface area contributed by atoms with Gasteiger partial charge in [0.15, 0.2) is 0 Å². The fourth-order valence-corrected chi connectivity index (χ4v) is 3.83. The van der Waals surface area contributed by atoms with Crippen LogP contribution in [-0.2, 0) is 0 Å². The van der Waals surface area contributed by atoms with E-state index in [9.17, 15) is 0 Å². The van der Waals surface area contributed by atoms with Crippen LogP contribution >= 0.6 is 11.6 Å². The summed E-state index contributed by atoms with van der Waals surface area (Å²) in [5, 5.41) is 4.34. The molecule has 1 N–H and O–H groups in total. The Kier molecular flexibility index (Phi) is 3.48. The molecule has 114 valence electrons. The molecule has 21 heavy (non-hydrogen) atoms. The number of benzene rings is 1. The normalized spacial score (nSPS) is 24.3. The first-order valence-corrected chi connectivity index (χ1v) is 8.21. The zero-order chi connectivity index (χ0) is 15.4. The van der Waals surface area contributed by atoms with E-state index in [1.807, 2.05) is 0 Å². The lowest BCUT2D eigenvalue weighted by Gasteiger charge is -2.33. The van der Waals surface area contributed by atoms with Crippen molar-refractivity contribution in [1.29, 1.82) is 0 Å². The summed E-state index contributed by atoms with van der Waals surface area (Å²) in [6.45, 7) is 13.4.